The summed E-state index contributed by atoms with van der Waals surface area (Å²) in [5.74, 6) is 0.891. The van der Waals surface area contributed by atoms with E-state index in [0.717, 1.165) is 92.9 Å². The molecule has 1 aromatic carbocycles. The van der Waals surface area contributed by atoms with E-state index in [9.17, 15) is 14.4 Å². The van der Waals surface area contributed by atoms with E-state index in [1.54, 1.807) is 4.90 Å². The third kappa shape index (κ3) is 12.8. The third-order valence-corrected chi connectivity index (χ3v) is 11.7. The van der Waals surface area contributed by atoms with Crippen molar-refractivity contribution >= 4 is 49.6 Å². The van der Waals surface area contributed by atoms with Gasteiger partial charge in [-0.2, -0.15) is 4.98 Å². The fraction of sp³-hybridized carbons (Fsp3) is 0.675. The van der Waals surface area contributed by atoms with E-state index in [-0.39, 0.29) is 36.6 Å². The maximum absolute atomic E-state index is 13.7. The van der Waals surface area contributed by atoms with Crippen molar-refractivity contribution in [1.29, 1.82) is 0 Å². The highest BCUT2D eigenvalue weighted by molar-refractivity contribution is 7.16. The van der Waals surface area contributed by atoms with E-state index in [1.165, 1.54) is 32.1 Å². The number of carbonyl (C=O) groups excluding carboxylic acids is 3. The first-order valence-electron chi connectivity index (χ1n) is 21.3. The maximum atomic E-state index is 13.7. The zero-order chi connectivity index (χ0) is 39.8. The first-order valence-corrected chi connectivity index (χ1v) is 22.1. The van der Waals surface area contributed by atoms with Crippen LogP contribution in [0.2, 0.25) is 0 Å². The summed E-state index contributed by atoms with van der Waals surface area (Å²) in [6, 6.07) is 7.59. The maximum Gasteiger partial charge on any atom is 0.245 e. The lowest BCUT2D eigenvalue weighted by Crippen LogP contribution is -2.51. The minimum absolute atomic E-state index is 0.00219. The van der Waals surface area contributed by atoms with Crippen LogP contribution < -0.4 is 32.3 Å². The molecule has 7 N–H and O–H groups in total. The molecule has 1 unspecified atom stereocenters. The minimum Gasteiger partial charge on any atom is -0.367 e. The number of hydrogen-bond acceptors (Lipinski definition) is 12. The van der Waals surface area contributed by atoms with Crippen LogP contribution >= 0.6 is 9.24 Å². The summed E-state index contributed by atoms with van der Waals surface area (Å²) in [5, 5.41) is 26.6. The van der Waals surface area contributed by atoms with Gasteiger partial charge in [-0.15, -0.1) is 14.3 Å². The van der Waals surface area contributed by atoms with E-state index in [4.69, 9.17) is 15.7 Å². The second-order valence-corrected chi connectivity index (χ2v) is 16.3. The number of anilines is 2. The molecule has 0 spiro atoms. The molecule has 312 valence electrons. The molecule has 2 aromatic heterocycles. The number of nitrogens with zero attached hydrogens (tertiary/aromatic N) is 7. The molecular formula is C40H64N13O3P. The second kappa shape index (κ2) is 22.2. The van der Waals surface area contributed by atoms with Gasteiger partial charge in [0.2, 0.25) is 23.7 Å². The quantitative estimate of drug-likeness (QED) is 0.0681. The SMILES string of the molecule is N[C@H](CCC(=O)N1CCC[C@@H]1C(=O)N1CCC(Nc2nc(NCc3cn(CCCNCCCNC4CCCCC4)nn3)nc3ccccc23)CC1)C(=O)NCCP. The highest BCUT2D eigenvalue weighted by Crippen LogP contribution is 2.27. The second-order valence-electron chi connectivity index (χ2n) is 15.7. The molecule has 0 bridgehead atoms. The van der Waals surface area contributed by atoms with Crippen LogP contribution in [-0.4, -0.2) is 129 Å². The Morgan fingerprint density at radius 3 is 2.53 bits per heavy atom. The molecule has 3 aromatic rings. The van der Waals surface area contributed by atoms with E-state index < -0.39 is 12.1 Å². The van der Waals surface area contributed by atoms with Crippen molar-refractivity contribution in [3.05, 3.63) is 36.2 Å². The number of benzene rings is 1. The smallest absolute Gasteiger partial charge is 0.245 e. The highest BCUT2D eigenvalue weighted by atomic mass is 31.0. The number of aryl methyl sites for hydroxylation is 1. The Bertz CT molecular complexity index is 1730. The number of nitrogens with one attached hydrogen (secondary N) is 5. The number of hydrogen-bond donors (Lipinski definition) is 6. The van der Waals surface area contributed by atoms with Crippen LogP contribution in [0, 0.1) is 0 Å². The Morgan fingerprint density at radius 1 is 0.895 bits per heavy atom. The van der Waals surface area contributed by atoms with Crippen molar-refractivity contribution in [3.8, 4) is 0 Å². The van der Waals surface area contributed by atoms with Crippen LogP contribution in [0.4, 0.5) is 11.8 Å². The van der Waals surface area contributed by atoms with Crippen LogP contribution in [0.25, 0.3) is 10.9 Å². The first kappa shape index (κ1) is 42.6. The zero-order valence-electron chi connectivity index (χ0n) is 33.5. The number of likely N-dealkylation sites (tertiary alicyclic amines) is 2. The number of fused-ring (bicyclic) bond motifs is 1. The van der Waals surface area contributed by atoms with Gasteiger partial charge < -0.3 is 42.1 Å². The number of rotatable bonds is 21. The standard InChI is InChI=1S/C40H64N13O3P/c41-33(38(55)44-21-26-57)14-15-36(54)53-23-6-13-35(53)39(56)51-24-16-30(17-25-51)46-37-32-11-4-5-12-34(32)47-40(48-37)45-27-31-28-52(50-49-31)22-8-19-42-18-7-20-43-29-9-2-1-3-10-29/h4-5,11-12,28-30,33,35,42-43H,1-3,6-10,13-27,41,57H2,(H,44,55)(H2,45,46,47,48)/t33-,35-/m1/s1. The van der Waals surface area contributed by atoms with Crippen LogP contribution in [0.15, 0.2) is 30.5 Å². The summed E-state index contributed by atoms with van der Waals surface area (Å²) in [6.07, 6.45) is 15.0. The Labute approximate surface area is 339 Å². The lowest BCUT2D eigenvalue weighted by Gasteiger charge is -2.36. The molecule has 6 rings (SSSR count). The van der Waals surface area contributed by atoms with Gasteiger partial charge in [0.25, 0.3) is 0 Å². The molecule has 57 heavy (non-hydrogen) atoms. The highest BCUT2D eigenvalue weighted by Gasteiger charge is 2.37. The van der Waals surface area contributed by atoms with Crippen molar-refractivity contribution in [1.82, 2.24) is 50.7 Å². The third-order valence-electron chi connectivity index (χ3n) is 11.4. The van der Waals surface area contributed by atoms with Gasteiger partial charge in [0.15, 0.2) is 0 Å². The Hall–Kier alpha value is -3.98. The number of amides is 3. The normalized spacial score (nSPS) is 18.5. The number of aromatic nitrogens is 5. The summed E-state index contributed by atoms with van der Waals surface area (Å²) in [6.45, 7) is 6.57. The average Bonchev–Trinajstić information content (AvgIpc) is 3.93. The summed E-state index contributed by atoms with van der Waals surface area (Å²) in [7, 11) is 2.55. The predicted molar refractivity (Wildman–Crippen MR) is 227 cm³/mol. The topological polar surface area (TPSA) is 200 Å². The molecule has 2 saturated heterocycles. The molecule has 2 aliphatic heterocycles. The number of para-hydroxylation sites is 1. The fourth-order valence-corrected chi connectivity index (χ4v) is 8.28. The van der Waals surface area contributed by atoms with Crippen molar-refractivity contribution in [3.63, 3.8) is 0 Å². The summed E-state index contributed by atoms with van der Waals surface area (Å²) >= 11 is 0. The number of piperidine rings is 1. The van der Waals surface area contributed by atoms with Gasteiger partial charge in [0, 0.05) is 56.6 Å². The van der Waals surface area contributed by atoms with Gasteiger partial charge >= 0.3 is 0 Å². The molecule has 1 saturated carbocycles. The monoisotopic (exact) mass is 805 g/mol. The van der Waals surface area contributed by atoms with Crippen molar-refractivity contribution in [2.24, 2.45) is 5.73 Å². The fourth-order valence-electron chi connectivity index (χ4n) is 8.13. The van der Waals surface area contributed by atoms with Gasteiger partial charge in [-0.05, 0) is 95.7 Å². The Morgan fingerprint density at radius 2 is 1.70 bits per heavy atom. The van der Waals surface area contributed by atoms with Crippen LogP contribution in [0.5, 0.6) is 0 Å². The van der Waals surface area contributed by atoms with Gasteiger partial charge in [-0.3, -0.25) is 19.1 Å². The lowest BCUT2D eigenvalue weighted by molar-refractivity contribution is -0.144. The Balaban J connectivity index is 0.927. The van der Waals surface area contributed by atoms with Gasteiger partial charge in [0.05, 0.1) is 24.3 Å². The summed E-state index contributed by atoms with van der Waals surface area (Å²) < 4.78 is 1.89. The van der Waals surface area contributed by atoms with E-state index in [1.807, 2.05) is 40.0 Å². The molecule has 3 atom stereocenters. The number of carbonyl (C=O) groups is 3. The van der Waals surface area contributed by atoms with Crippen LogP contribution in [0.1, 0.15) is 89.2 Å². The van der Waals surface area contributed by atoms with Gasteiger partial charge in [-0.1, -0.05) is 36.6 Å². The Kier molecular flexibility index (Phi) is 16.6. The minimum atomic E-state index is -0.745. The predicted octanol–water partition coefficient (Wildman–Crippen LogP) is 2.62. The molecule has 3 fully saturated rings. The van der Waals surface area contributed by atoms with Crippen molar-refractivity contribution < 1.29 is 14.4 Å². The first-order chi connectivity index (χ1) is 27.9. The lowest BCUT2D eigenvalue weighted by atomic mass is 9.95. The molecule has 3 aliphatic rings. The van der Waals surface area contributed by atoms with Crippen molar-refractivity contribution in [2.75, 3.05) is 62.6 Å². The van der Waals surface area contributed by atoms with E-state index >= 15 is 0 Å². The van der Waals surface area contributed by atoms with Crippen molar-refractivity contribution in [2.45, 2.75) is 121 Å². The van der Waals surface area contributed by atoms with Gasteiger partial charge in [0.1, 0.15) is 17.6 Å². The zero-order valence-corrected chi connectivity index (χ0v) is 34.6. The van der Waals surface area contributed by atoms with Crippen LogP contribution in [0.3, 0.4) is 0 Å². The van der Waals surface area contributed by atoms with Gasteiger partial charge in [-0.25, -0.2) is 4.98 Å². The molecule has 1 aliphatic carbocycles. The van der Waals surface area contributed by atoms with Crippen LogP contribution in [-0.2, 0) is 27.5 Å². The van der Waals surface area contributed by atoms with E-state index in [0.29, 0.717) is 45.1 Å². The summed E-state index contributed by atoms with van der Waals surface area (Å²) in [5.41, 5.74) is 7.67. The molecule has 16 nitrogen and oxygen atoms in total. The van der Waals surface area contributed by atoms with E-state index in [2.05, 4.69) is 46.1 Å². The molecular weight excluding hydrogens is 742 g/mol. The number of nitrogens with two attached hydrogens (primary N) is 1. The average molecular weight is 806 g/mol. The molecule has 0 radical (unpaired) electrons. The molecule has 17 heteroatoms. The largest absolute Gasteiger partial charge is 0.367 e. The molecule has 4 heterocycles. The summed E-state index contributed by atoms with van der Waals surface area (Å²) in [4.78, 5) is 52.2. The molecule has 3 amide bonds.